The van der Waals surface area contributed by atoms with Gasteiger partial charge in [0, 0.05) is 12.7 Å². The number of rotatable bonds is 3. The van der Waals surface area contributed by atoms with Crippen LogP contribution in [0.5, 0.6) is 0 Å². The van der Waals surface area contributed by atoms with Gasteiger partial charge in [-0.2, -0.15) is 5.10 Å². The maximum atomic E-state index is 12.1. The first kappa shape index (κ1) is 9.16. The largest absolute Gasteiger partial charge is 0.512 e. The highest BCUT2D eigenvalue weighted by atomic mass is 19.4. The van der Waals surface area contributed by atoms with Crippen LogP contribution in [0.25, 0.3) is 0 Å². The van der Waals surface area contributed by atoms with Crippen LogP contribution in [-0.4, -0.2) is 16.8 Å². The van der Waals surface area contributed by atoms with Crippen molar-refractivity contribution >= 4 is 12.4 Å². The van der Waals surface area contributed by atoms with E-state index in [0.717, 1.165) is 18.8 Å². The molecule has 0 unspecified atom stereocenters. The van der Waals surface area contributed by atoms with Crippen molar-refractivity contribution in [3.8, 4) is 0 Å². The van der Waals surface area contributed by atoms with Gasteiger partial charge in [0.25, 0.3) is 0 Å². The summed E-state index contributed by atoms with van der Waals surface area (Å²) in [6.07, 6.45) is 2.70. The molecule has 6 heteroatoms. The van der Waals surface area contributed by atoms with E-state index in [9.17, 15) is 12.9 Å². The second kappa shape index (κ2) is 3.20. The lowest BCUT2D eigenvalue weighted by Gasteiger charge is -2.09. The molecule has 68 valence electrons. The maximum absolute atomic E-state index is 12.1. The van der Waals surface area contributed by atoms with E-state index < -0.39 is 12.4 Å². The van der Waals surface area contributed by atoms with Crippen molar-refractivity contribution in [3.63, 3.8) is 0 Å². The Kier molecular flexibility index (Phi) is 2.44. The topological polar surface area (TPSA) is 17.8 Å². The lowest BCUT2D eigenvalue weighted by atomic mass is 9.83. The van der Waals surface area contributed by atoms with Crippen LogP contribution in [0.1, 0.15) is 13.3 Å². The van der Waals surface area contributed by atoms with E-state index in [-0.39, 0.29) is 0 Å². The minimum Gasteiger partial charge on any atom is -0.445 e. The molecule has 0 aromatic carbocycles. The number of aromatic nitrogens is 2. The summed E-state index contributed by atoms with van der Waals surface area (Å²) in [4.78, 5) is 0. The summed E-state index contributed by atoms with van der Waals surface area (Å²) in [5, 5.41) is 3.58. The van der Waals surface area contributed by atoms with Gasteiger partial charge in [0.15, 0.2) is 0 Å². The Labute approximate surface area is 68.4 Å². The molecule has 1 aromatic rings. The Hall–Kier alpha value is -0.935. The van der Waals surface area contributed by atoms with Gasteiger partial charge < -0.3 is 12.9 Å². The van der Waals surface area contributed by atoms with Crippen molar-refractivity contribution in [1.29, 1.82) is 0 Å². The number of nitrogens with zero attached hydrogens (tertiary/aromatic N) is 2. The van der Waals surface area contributed by atoms with Crippen molar-refractivity contribution in [1.82, 2.24) is 9.78 Å². The van der Waals surface area contributed by atoms with E-state index in [2.05, 4.69) is 5.10 Å². The summed E-state index contributed by atoms with van der Waals surface area (Å²) in [6.45, 7) is -2.46. The summed E-state index contributed by atoms with van der Waals surface area (Å²) in [7, 11) is 0. The Morgan fingerprint density at radius 1 is 1.50 bits per heavy atom. The quantitative estimate of drug-likeness (QED) is 0.637. The van der Waals surface area contributed by atoms with E-state index >= 15 is 0 Å². The highest BCUT2D eigenvalue weighted by Gasteiger charge is 2.26. The van der Waals surface area contributed by atoms with Crippen molar-refractivity contribution in [2.75, 3.05) is 0 Å². The Morgan fingerprint density at radius 3 is 2.58 bits per heavy atom. The van der Waals surface area contributed by atoms with E-state index in [0.29, 0.717) is 6.54 Å². The van der Waals surface area contributed by atoms with E-state index in [1.54, 1.807) is 0 Å². The fourth-order valence-corrected chi connectivity index (χ4v) is 0.900. The monoisotopic (exact) mass is 177 g/mol. The molecule has 0 fully saturated rings. The van der Waals surface area contributed by atoms with Crippen LogP contribution in [0.4, 0.5) is 12.9 Å². The molecule has 1 rings (SSSR count). The summed E-state index contributed by atoms with van der Waals surface area (Å²) in [5.41, 5.74) is -0.622. The smallest absolute Gasteiger partial charge is 0.445 e. The van der Waals surface area contributed by atoms with Crippen molar-refractivity contribution < 1.29 is 12.9 Å². The highest BCUT2D eigenvalue weighted by molar-refractivity contribution is 6.73. The lowest BCUT2D eigenvalue weighted by Crippen LogP contribution is -2.32. The summed E-state index contributed by atoms with van der Waals surface area (Å²) in [6, 6.07) is 0. The molecule has 0 bridgehead atoms. The Balaban J connectivity index is 2.77. The van der Waals surface area contributed by atoms with Gasteiger partial charge in [-0.15, -0.1) is 0 Å². The van der Waals surface area contributed by atoms with Gasteiger partial charge in [-0.25, -0.2) is 0 Å². The highest BCUT2D eigenvalue weighted by Crippen LogP contribution is 2.07. The molecule has 0 aliphatic rings. The molecule has 1 aromatic heterocycles. The first-order valence-electron chi connectivity index (χ1n) is 3.76. The fourth-order valence-electron chi connectivity index (χ4n) is 0.900. The van der Waals surface area contributed by atoms with Crippen molar-refractivity contribution in [2.24, 2.45) is 0 Å². The standard InChI is InChI=1S/C6H9BF3N2/c1-2-3-12-5-6(4-11-12)7(8,9)10/h4-5H,2-3H2,1H3/q-1. The number of hydrogen-bond donors (Lipinski definition) is 0. The van der Waals surface area contributed by atoms with Crippen LogP contribution < -0.4 is 5.46 Å². The number of halogens is 3. The van der Waals surface area contributed by atoms with Crippen LogP contribution >= 0.6 is 0 Å². The molecule has 0 radical (unpaired) electrons. The van der Waals surface area contributed by atoms with Crippen molar-refractivity contribution in [2.45, 2.75) is 19.9 Å². The zero-order valence-electron chi connectivity index (χ0n) is 6.67. The van der Waals surface area contributed by atoms with Gasteiger partial charge in [0.05, 0.1) is 0 Å². The molecule has 0 amide bonds. The van der Waals surface area contributed by atoms with Gasteiger partial charge in [-0.05, 0) is 12.6 Å². The molecule has 1 heterocycles. The summed E-state index contributed by atoms with van der Waals surface area (Å²) in [5.74, 6) is 0. The van der Waals surface area contributed by atoms with E-state index in [1.807, 2.05) is 6.92 Å². The molecule has 0 atom stereocenters. The summed E-state index contributed by atoms with van der Waals surface area (Å²) >= 11 is 0. The second-order valence-corrected chi connectivity index (χ2v) is 2.61. The van der Waals surface area contributed by atoms with Crippen molar-refractivity contribution in [3.05, 3.63) is 12.4 Å². The van der Waals surface area contributed by atoms with Crippen LogP contribution in [0.3, 0.4) is 0 Å². The normalized spacial score (nSPS) is 12.0. The first-order chi connectivity index (χ1) is 5.54. The van der Waals surface area contributed by atoms with Crippen LogP contribution in [0, 0.1) is 0 Å². The zero-order valence-corrected chi connectivity index (χ0v) is 6.67. The average Bonchev–Trinajstić information content (AvgIpc) is 2.35. The van der Waals surface area contributed by atoms with Gasteiger partial charge >= 0.3 is 6.98 Å². The zero-order chi connectivity index (χ0) is 9.19. The van der Waals surface area contributed by atoms with E-state index in [4.69, 9.17) is 0 Å². The third-order valence-electron chi connectivity index (χ3n) is 1.48. The first-order valence-corrected chi connectivity index (χ1v) is 3.76. The summed E-state index contributed by atoms with van der Waals surface area (Å²) < 4.78 is 37.5. The molecular formula is C6H9BF3N2-. The SMILES string of the molecule is CCCn1cc([B-](F)(F)F)cn1. The van der Waals surface area contributed by atoms with Gasteiger partial charge in [0.1, 0.15) is 0 Å². The lowest BCUT2D eigenvalue weighted by molar-refractivity contribution is 0.500. The predicted octanol–water partition coefficient (Wildman–Crippen LogP) is 1.35. The molecule has 12 heavy (non-hydrogen) atoms. The number of aryl methyl sites for hydroxylation is 1. The third-order valence-corrected chi connectivity index (χ3v) is 1.48. The molecule has 0 aliphatic carbocycles. The van der Waals surface area contributed by atoms with Crippen LogP contribution in [0.2, 0.25) is 0 Å². The van der Waals surface area contributed by atoms with E-state index in [1.165, 1.54) is 4.68 Å². The molecule has 0 saturated carbocycles. The molecule has 0 aliphatic heterocycles. The van der Waals surface area contributed by atoms with Crippen LogP contribution in [-0.2, 0) is 6.54 Å². The fraction of sp³-hybridized carbons (Fsp3) is 0.500. The second-order valence-electron chi connectivity index (χ2n) is 2.61. The van der Waals surface area contributed by atoms with Gasteiger partial charge in [-0.1, -0.05) is 12.4 Å². The minimum absolute atomic E-state index is 0.534. The Bertz CT molecular complexity index is 256. The average molecular weight is 177 g/mol. The van der Waals surface area contributed by atoms with Gasteiger partial charge in [0.2, 0.25) is 0 Å². The molecular weight excluding hydrogens is 168 g/mol. The van der Waals surface area contributed by atoms with Gasteiger partial charge in [-0.3, -0.25) is 4.68 Å². The Morgan fingerprint density at radius 2 is 2.17 bits per heavy atom. The third kappa shape index (κ3) is 2.02. The maximum Gasteiger partial charge on any atom is 0.512 e. The molecule has 0 spiro atoms. The minimum atomic E-state index is -4.88. The molecule has 0 N–H and O–H groups in total. The molecule has 0 saturated heterocycles. The molecule has 2 nitrogen and oxygen atoms in total. The van der Waals surface area contributed by atoms with Crippen LogP contribution in [0.15, 0.2) is 12.4 Å². The number of hydrogen-bond acceptors (Lipinski definition) is 1. The predicted molar refractivity (Wildman–Crippen MR) is 41.2 cm³/mol.